The van der Waals surface area contributed by atoms with Gasteiger partial charge in [0.1, 0.15) is 47.3 Å². The van der Waals surface area contributed by atoms with E-state index in [0.29, 0.717) is 0 Å². The van der Waals surface area contributed by atoms with Crippen LogP contribution in [0, 0.1) is 0 Å². The number of amides is 5. The van der Waals surface area contributed by atoms with Crippen molar-refractivity contribution in [2.45, 2.75) is 83.3 Å². The van der Waals surface area contributed by atoms with Gasteiger partial charge in [-0.05, 0) is 69.5 Å². The third-order valence-corrected chi connectivity index (χ3v) is 9.51. The van der Waals surface area contributed by atoms with E-state index in [-0.39, 0.29) is 52.9 Å². The quantitative estimate of drug-likeness (QED) is 0.109. The first-order chi connectivity index (χ1) is 25.7. The molecule has 18 nitrogen and oxygen atoms in total. The molecule has 2 bridgehead atoms. The number of likely N-dealkylation sites (N-methyl/N-ethyl adjacent to an activating group) is 1. The van der Waals surface area contributed by atoms with E-state index >= 15 is 0 Å². The van der Waals surface area contributed by atoms with Gasteiger partial charge in [0.05, 0.1) is 11.1 Å². The number of carbonyl (C=O) groups excluding carboxylic acids is 5. The number of allylic oxidation sites excluding steroid dienone is 1. The molecule has 2 aliphatic heterocycles. The van der Waals surface area contributed by atoms with Crippen molar-refractivity contribution in [3.05, 3.63) is 70.1 Å². The molecule has 0 radical (unpaired) electrons. The number of aliphatic hydroxyl groups excluding tert-OH is 1. The Labute approximate surface area is 321 Å². The number of rotatable bonds is 11. The molecule has 0 aromatic heterocycles. The predicted octanol–water partition coefficient (Wildman–Crippen LogP) is 0.510. The van der Waals surface area contributed by atoms with Crippen molar-refractivity contribution in [1.82, 2.24) is 31.5 Å². The Morgan fingerprint density at radius 3 is 2.29 bits per heavy atom. The van der Waals surface area contributed by atoms with Crippen LogP contribution in [-0.2, 0) is 33.6 Å². The third kappa shape index (κ3) is 9.88. The van der Waals surface area contributed by atoms with E-state index in [4.69, 9.17) is 21.4 Å². The molecule has 1 unspecified atom stereocenters. The van der Waals surface area contributed by atoms with E-state index < -0.39 is 94.5 Å². The Bertz CT molecular complexity index is 1880. The number of phenols is 1. The van der Waals surface area contributed by atoms with E-state index in [1.807, 2.05) is 5.32 Å². The first-order valence-corrected chi connectivity index (χ1v) is 17.4. The number of carboxylic acid groups (broad SMARTS) is 2. The zero-order valence-corrected chi connectivity index (χ0v) is 31.7. The van der Waals surface area contributed by atoms with Gasteiger partial charge >= 0.3 is 11.9 Å². The van der Waals surface area contributed by atoms with Gasteiger partial charge in [0.2, 0.25) is 11.8 Å². The zero-order valence-electron chi connectivity index (χ0n) is 31.0. The SMILES string of the molecule is C=C(C)C1NC(=O)[C@@H](NC)[C@@H](O)c2cc(Cl)c(O)c(c2)O[C@](C)(CC)[C@@H](C(=O)N2CC=C[C@H]2C(=O)NC(C(=O)NC(=CC(=O)O)C(=O)O)=C(C)CC)NC1=O. The number of carboxylic acids is 2. The number of hydrogen-bond acceptors (Lipinski definition) is 11. The molecule has 0 fully saturated rings. The molecular formula is C36H45ClN6O12. The second-order valence-electron chi connectivity index (χ2n) is 13.1. The predicted molar refractivity (Wildman–Crippen MR) is 196 cm³/mol. The lowest BCUT2D eigenvalue weighted by Crippen LogP contribution is -2.65. The van der Waals surface area contributed by atoms with E-state index in [0.717, 1.165) is 4.90 Å². The first-order valence-electron chi connectivity index (χ1n) is 17.0. The molecule has 55 heavy (non-hydrogen) atoms. The molecule has 0 spiro atoms. The standard InChI is InChI=1S/C36H45ClN6O12/c1-8-17(5)25(32(50)39-20(35(53)54)15-23(44)45)41-30(48)21-11-10-12-43(21)34(52)29-36(6,9-2)55-22-14-18(13-19(37)28(22)47)27(46)26(38-7)33(51)40-24(16(3)4)31(49)42-29/h10-11,13-15,21,24,26-27,29,38,46-47H,3,8-9,12H2,1-2,4-7H3,(H,39,50)(H,40,51)(H,41,48)(H,42,49)(H,44,45)(H,53,54)/t21-,24?,26-,27-,29+,36+/m0/s1. The topological polar surface area (TPSA) is 273 Å². The molecule has 0 aliphatic carbocycles. The molecular weight excluding hydrogens is 744 g/mol. The normalized spacial score (nSPS) is 24.8. The lowest BCUT2D eigenvalue weighted by atomic mass is 9.90. The summed E-state index contributed by atoms with van der Waals surface area (Å²) in [6.45, 7) is 11.3. The summed E-state index contributed by atoms with van der Waals surface area (Å²) in [7, 11) is 1.40. The van der Waals surface area contributed by atoms with Gasteiger partial charge in [-0.3, -0.25) is 24.0 Å². The fraction of sp³-hybridized carbons (Fsp3) is 0.417. The van der Waals surface area contributed by atoms with Crippen LogP contribution in [0.4, 0.5) is 0 Å². The molecule has 5 amide bonds. The summed E-state index contributed by atoms with van der Waals surface area (Å²) in [5, 5.41) is 52.6. The highest BCUT2D eigenvalue weighted by Gasteiger charge is 2.47. The number of carbonyl (C=O) groups is 7. The van der Waals surface area contributed by atoms with Gasteiger partial charge < -0.3 is 56.6 Å². The van der Waals surface area contributed by atoms with Crippen LogP contribution in [0.15, 0.2) is 59.5 Å². The molecule has 3 rings (SSSR count). The Kier molecular flexibility index (Phi) is 14.4. The van der Waals surface area contributed by atoms with Gasteiger partial charge in [-0.25, -0.2) is 9.59 Å². The number of aliphatic hydroxyl groups is 1. The highest BCUT2D eigenvalue weighted by molar-refractivity contribution is 6.32. The number of aliphatic carboxylic acids is 2. The number of nitrogens with one attached hydrogen (secondary N) is 5. The van der Waals surface area contributed by atoms with Crippen molar-refractivity contribution in [2.24, 2.45) is 0 Å². The second-order valence-corrected chi connectivity index (χ2v) is 13.5. The molecule has 1 aromatic carbocycles. The van der Waals surface area contributed by atoms with Gasteiger partial charge in [0.15, 0.2) is 11.5 Å². The lowest BCUT2D eigenvalue weighted by molar-refractivity contribution is -0.146. The maximum Gasteiger partial charge on any atom is 0.352 e. The Hall–Kier alpha value is -5.72. The first kappa shape index (κ1) is 43.7. The van der Waals surface area contributed by atoms with E-state index in [1.54, 1.807) is 13.8 Å². The highest BCUT2D eigenvalue weighted by atomic mass is 35.5. The minimum atomic E-state index is -1.75. The second kappa shape index (κ2) is 18.1. The van der Waals surface area contributed by atoms with Crippen molar-refractivity contribution in [2.75, 3.05) is 13.6 Å². The minimum absolute atomic E-state index is 0.0204. The van der Waals surface area contributed by atoms with Crippen LogP contribution in [0.25, 0.3) is 0 Å². The maximum absolute atomic E-state index is 14.7. The van der Waals surface area contributed by atoms with Crippen molar-refractivity contribution < 1.29 is 58.7 Å². The molecule has 19 heteroatoms. The van der Waals surface area contributed by atoms with Crippen molar-refractivity contribution in [3.8, 4) is 11.5 Å². The van der Waals surface area contributed by atoms with Crippen LogP contribution < -0.4 is 31.3 Å². The average Bonchev–Trinajstić information content (AvgIpc) is 3.62. The van der Waals surface area contributed by atoms with E-state index in [1.165, 1.54) is 52.1 Å². The van der Waals surface area contributed by atoms with E-state index in [2.05, 4.69) is 27.8 Å². The Morgan fingerprint density at radius 1 is 1.09 bits per heavy atom. The summed E-state index contributed by atoms with van der Waals surface area (Å²) in [5.41, 5.74) is -2.62. The largest absolute Gasteiger partial charge is 0.503 e. The number of ether oxygens (including phenoxy) is 1. The summed E-state index contributed by atoms with van der Waals surface area (Å²) >= 11 is 6.33. The zero-order chi connectivity index (χ0) is 41.5. The highest BCUT2D eigenvalue weighted by Crippen LogP contribution is 2.41. The number of phenolic OH excluding ortho intramolecular Hbond substituents is 1. The number of aromatic hydroxyl groups is 1. The van der Waals surface area contributed by atoms with Gasteiger partial charge in [-0.1, -0.05) is 44.2 Å². The number of benzene rings is 1. The summed E-state index contributed by atoms with van der Waals surface area (Å²) < 4.78 is 6.29. The van der Waals surface area contributed by atoms with Crippen LogP contribution in [0.5, 0.6) is 11.5 Å². The molecule has 2 aliphatic rings. The number of nitrogens with zero attached hydrogens (tertiary/aromatic N) is 1. The molecule has 1 aromatic rings. The minimum Gasteiger partial charge on any atom is -0.503 e. The van der Waals surface area contributed by atoms with Gasteiger partial charge in [-0.15, -0.1) is 0 Å². The summed E-state index contributed by atoms with van der Waals surface area (Å²) in [5.74, 6) is -8.94. The van der Waals surface area contributed by atoms with Crippen LogP contribution in [0.1, 0.15) is 59.1 Å². The monoisotopic (exact) mass is 788 g/mol. The molecule has 0 saturated heterocycles. The summed E-state index contributed by atoms with van der Waals surface area (Å²) in [6, 6.07) is -3.37. The number of hydrogen-bond donors (Lipinski definition) is 9. The summed E-state index contributed by atoms with van der Waals surface area (Å²) in [6.07, 6.45) is 1.71. The molecule has 6 atom stereocenters. The van der Waals surface area contributed by atoms with Crippen molar-refractivity contribution in [3.63, 3.8) is 0 Å². The fourth-order valence-electron chi connectivity index (χ4n) is 5.73. The maximum atomic E-state index is 14.7. The van der Waals surface area contributed by atoms with Gasteiger partial charge in [0, 0.05) is 6.54 Å². The average molecular weight is 789 g/mol. The lowest BCUT2D eigenvalue weighted by Gasteiger charge is -2.40. The van der Waals surface area contributed by atoms with Gasteiger partial charge in [0.25, 0.3) is 17.7 Å². The molecule has 298 valence electrons. The third-order valence-electron chi connectivity index (χ3n) is 9.22. The number of fused-ring (bicyclic) bond motifs is 2. The molecule has 0 saturated carbocycles. The fourth-order valence-corrected chi connectivity index (χ4v) is 5.95. The van der Waals surface area contributed by atoms with E-state index in [9.17, 15) is 48.9 Å². The molecule has 9 N–H and O–H groups in total. The number of halogens is 1. The summed E-state index contributed by atoms with van der Waals surface area (Å²) in [4.78, 5) is 92.9. The Morgan fingerprint density at radius 2 is 1.75 bits per heavy atom. The molecule has 2 heterocycles. The van der Waals surface area contributed by atoms with Gasteiger partial charge in [-0.2, -0.15) is 0 Å². The smallest absolute Gasteiger partial charge is 0.352 e. The van der Waals surface area contributed by atoms with Crippen molar-refractivity contribution in [1.29, 1.82) is 0 Å². The van der Waals surface area contributed by atoms with Crippen LogP contribution >= 0.6 is 11.6 Å². The Balaban J connectivity index is 2.11. The van der Waals surface area contributed by atoms with Crippen LogP contribution in [0.2, 0.25) is 5.02 Å². The van der Waals surface area contributed by atoms with Crippen LogP contribution in [0.3, 0.4) is 0 Å². The van der Waals surface area contributed by atoms with Crippen molar-refractivity contribution >= 4 is 53.1 Å². The van der Waals surface area contributed by atoms with Crippen LogP contribution in [-0.4, -0.2) is 110 Å².